The molecule has 0 aliphatic carbocycles. The normalized spacial score (nSPS) is 16.5. The van der Waals surface area contributed by atoms with Crippen molar-refractivity contribution >= 4 is 64.5 Å². The Hall–Kier alpha value is -8.81. The minimum atomic E-state index is -1.20. The smallest absolute Gasteiger partial charge is 0.254 e. The van der Waals surface area contributed by atoms with E-state index in [1.54, 1.807) is 94.6 Å². The Balaban J connectivity index is 0.961. The molecule has 7 N–H and O–H groups in total. The van der Waals surface area contributed by atoms with Gasteiger partial charge in [-0.15, -0.1) is 0 Å². The molecule has 20 nitrogen and oxygen atoms in total. The largest absolute Gasteiger partial charge is 0.345 e. The number of hydrogen-bond donors (Lipinski definition) is 7. The second-order valence-electron chi connectivity index (χ2n) is 20.1. The van der Waals surface area contributed by atoms with E-state index in [2.05, 4.69) is 47.2 Å². The predicted octanol–water partition coefficient (Wildman–Crippen LogP) is 3.82. The summed E-state index contributed by atoms with van der Waals surface area (Å²) in [5.74, 6) is -5.56. The minimum absolute atomic E-state index is 0.0433. The van der Waals surface area contributed by atoms with Gasteiger partial charge in [0.05, 0.1) is 24.0 Å². The lowest BCUT2D eigenvalue weighted by atomic mass is 9.98. The van der Waals surface area contributed by atoms with Gasteiger partial charge in [-0.3, -0.25) is 53.1 Å². The molecule has 2 aliphatic rings. The number of nitrogens with zero attached hydrogens (tertiary/aromatic N) is 4. The quantitative estimate of drug-likeness (QED) is 0.0524. The first kappa shape index (κ1) is 56.9. The zero-order valence-electron chi connectivity index (χ0n) is 44.1. The van der Waals surface area contributed by atoms with E-state index in [0.29, 0.717) is 50.1 Å². The van der Waals surface area contributed by atoms with E-state index < -0.39 is 95.3 Å². The molecular weight excluding hydrogens is 995 g/mol. The van der Waals surface area contributed by atoms with Gasteiger partial charge >= 0.3 is 0 Å². The second-order valence-corrected chi connectivity index (χ2v) is 20.1. The van der Waals surface area contributed by atoms with Crippen LogP contribution in [0.15, 0.2) is 134 Å². The van der Waals surface area contributed by atoms with Crippen molar-refractivity contribution in [1.82, 2.24) is 46.4 Å². The molecule has 0 unspecified atom stereocenters. The van der Waals surface area contributed by atoms with Crippen molar-refractivity contribution in [1.29, 1.82) is 0 Å². The Bertz CT molecular complexity index is 2890. The van der Waals surface area contributed by atoms with Gasteiger partial charge in [0.25, 0.3) is 11.8 Å². The fraction of sp³-hybridized carbons (Fsp3) is 0.362. The van der Waals surface area contributed by atoms with E-state index in [1.165, 1.54) is 40.5 Å². The van der Waals surface area contributed by atoms with Gasteiger partial charge in [-0.25, -0.2) is 0 Å². The second kappa shape index (κ2) is 27.3. The van der Waals surface area contributed by atoms with E-state index in [1.807, 2.05) is 36.4 Å². The Kier molecular flexibility index (Phi) is 19.9. The van der Waals surface area contributed by atoms with Crippen molar-refractivity contribution in [3.8, 4) is 0 Å². The SMILES string of the molecule is CC(C)[C@H](NC(=O)[C@H](Cc1ccccc1)NC(=O)[C@@H](NC(=O)[C@H](Cc1ccccc1)NC(=O)c1cccnc1)C(C)C)C(=O)Nc1ccc(C(=O)N2CCC[C@H]2C(=O)NCC(=O)N2CCC[C@H]2C(=O)Nc2cccnc2)cc1. The molecule has 9 amide bonds. The minimum Gasteiger partial charge on any atom is -0.345 e. The van der Waals surface area contributed by atoms with Crippen molar-refractivity contribution in [3.05, 3.63) is 156 Å². The summed E-state index contributed by atoms with van der Waals surface area (Å²) in [7, 11) is 0. The Labute approximate surface area is 453 Å². The average Bonchev–Trinajstić information content (AvgIpc) is 4.17. The van der Waals surface area contributed by atoms with Crippen molar-refractivity contribution in [2.75, 3.05) is 30.3 Å². The highest BCUT2D eigenvalue weighted by Gasteiger charge is 2.38. The van der Waals surface area contributed by atoms with Crippen molar-refractivity contribution < 1.29 is 43.2 Å². The molecule has 0 bridgehead atoms. The van der Waals surface area contributed by atoms with Crippen LogP contribution in [0.5, 0.6) is 0 Å². The van der Waals surface area contributed by atoms with Crippen LogP contribution >= 0.6 is 0 Å². The number of amides is 9. The Morgan fingerprint density at radius 2 is 1.05 bits per heavy atom. The molecular formula is C58H67N11O9. The molecule has 7 rings (SSSR count). The highest BCUT2D eigenvalue weighted by molar-refractivity contribution is 6.02. The molecule has 3 aromatic carbocycles. The van der Waals surface area contributed by atoms with Crippen LogP contribution in [-0.2, 0) is 46.4 Å². The summed E-state index contributed by atoms with van der Waals surface area (Å²) in [6.45, 7) is 7.34. The van der Waals surface area contributed by atoms with E-state index in [4.69, 9.17) is 0 Å². The number of carbonyl (C=O) groups is 9. The first-order valence-electron chi connectivity index (χ1n) is 26.3. The van der Waals surface area contributed by atoms with Crippen molar-refractivity contribution in [2.24, 2.45) is 11.8 Å². The number of hydrogen-bond acceptors (Lipinski definition) is 11. The molecule has 0 spiro atoms. The van der Waals surface area contributed by atoms with Crippen LogP contribution < -0.4 is 37.2 Å². The van der Waals surface area contributed by atoms with Crippen molar-refractivity contribution in [2.45, 2.75) is 102 Å². The lowest BCUT2D eigenvalue weighted by Crippen LogP contribution is -2.60. The molecule has 20 heteroatoms. The van der Waals surface area contributed by atoms with Crippen LogP contribution in [0, 0.1) is 11.8 Å². The molecule has 78 heavy (non-hydrogen) atoms. The van der Waals surface area contributed by atoms with Crippen LogP contribution in [0.4, 0.5) is 11.4 Å². The van der Waals surface area contributed by atoms with E-state index in [0.717, 1.165) is 11.1 Å². The topological polar surface area (TPSA) is 270 Å². The highest BCUT2D eigenvalue weighted by Crippen LogP contribution is 2.23. The highest BCUT2D eigenvalue weighted by atomic mass is 16.2. The predicted molar refractivity (Wildman–Crippen MR) is 291 cm³/mol. The summed E-state index contributed by atoms with van der Waals surface area (Å²) in [4.78, 5) is 134. The summed E-state index contributed by atoms with van der Waals surface area (Å²) in [6, 6.07) is 24.8. The lowest BCUT2D eigenvalue weighted by molar-refractivity contribution is -0.137. The van der Waals surface area contributed by atoms with E-state index >= 15 is 0 Å². The maximum absolute atomic E-state index is 14.3. The van der Waals surface area contributed by atoms with Gasteiger partial charge in [0.1, 0.15) is 36.3 Å². The van der Waals surface area contributed by atoms with E-state index in [9.17, 15) is 43.2 Å². The number of nitrogens with one attached hydrogen (secondary N) is 7. The zero-order valence-corrected chi connectivity index (χ0v) is 44.1. The molecule has 2 aromatic heterocycles. The fourth-order valence-corrected chi connectivity index (χ4v) is 9.44. The third-order valence-corrected chi connectivity index (χ3v) is 13.7. The molecule has 4 heterocycles. The van der Waals surface area contributed by atoms with Gasteiger partial charge in [-0.1, -0.05) is 88.4 Å². The lowest BCUT2D eigenvalue weighted by Gasteiger charge is -2.29. The van der Waals surface area contributed by atoms with Gasteiger partial charge in [0.2, 0.25) is 41.4 Å². The summed E-state index contributed by atoms with van der Waals surface area (Å²) < 4.78 is 0. The first-order valence-corrected chi connectivity index (χ1v) is 26.3. The third-order valence-electron chi connectivity index (χ3n) is 13.7. The summed E-state index contributed by atoms with van der Waals surface area (Å²) >= 11 is 0. The number of pyridine rings is 2. The van der Waals surface area contributed by atoms with Crippen LogP contribution in [0.2, 0.25) is 0 Å². The molecule has 5 aromatic rings. The van der Waals surface area contributed by atoms with Gasteiger partial charge in [0, 0.05) is 55.8 Å². The number of benzene rings is 3. The zero-order chi connectivity index (χ0) is 55.7. The molecule has 2 saturated heterocycles. The van der Waals surface area contributed by atoms with Crippen LogP contribution in [0.1, 0.15) is 85.2 Å². The standard InChI is InChI=1S/C58H67N11O9/c1-36(2)49(56(76)62-42-25-23-40(24-26-42)58(78)69-30-14-21-46(69)54(74)61-35-48(70)68-29-13-22-47(68)55(75)63-43-20-12-28-60-34-43)66-53(73)45(32-39-17-9-6-10-18-39)65-57(77)50(37(3)4)67-52(72)44(31-38-15-7-5-8-16-38)64-51(71)41-19-11-27-59-33-41/h5-12,15-20,23-28,33-34,36-37,44-47,49-50H,13-14,21-22,29-32,35H2,1-4H3,(H,61,74)(H,62,76)(H,63,75)(H,64,71)(H,65,77)(H,66,73)(H,67,72)/t44-,45-,46-,47-,49-,50-/m0/s1. The number of rotatable bonds is 22. The van der Waals surface area contributed by atoms with Gasteiger partial charge in [-0.05, 0) is 97.2 Å². The van der Waals surface area contributed by atoms with Crippen LogP contribution in [0.3, 0.4) is 0 Å². The van der Waals surface area contributed by atoms with Gasteiger partial charge in [-0.2, -0.15) is 0 Å². The summed E-state index contributed by atoms with van der Waals surface area (Å²) in [6.07, 6.45) is 8.23. The number of anilines is 2. The van der Waals surface area contributed by atoms with Gasteiger partial charge < -0.3 is 47.0 Å². The maximum Gasteiger partial charge on any atom is 0.254 e. The average molecular weight is 1060 g/mol. The fourth-order valence-electron chi connectivity index (χ4n) is 9.44. The summed E-state index contributed by atoms with van der Waals surface area (Å²) in [5, 5.41) is 19.6. The number of likely N-dealkylation sites (tertiary alicyclic amines) is 2. The number of carbonyl (C=O) groups excluding carboxylic acids is 9. The maximum atomic E-state index is 14.3. The van der Waals surface area contributed by atoms with E-state index in [-0.39, 0.29) is 36.4 Å². The Morgan fingerprint density at radius 3 is 1.60 bits per heavy atom. The molecule has 0 saturated carbocycles. The Morgan fingerprint density at radius 1 is 0.513 bits per heavy atom. The summed E-state index contributed by atoms with van der Waals surface area (Å²) in [5.41, 5.74) is 2.83. The number of aromatic nitrogens is 2. The van der Waals surface area contributed by atoms with Gasteiger partial charge in [0.15, 0.2) is 0 Å². The van der Waals surface area contributed by atoms with Crippen LogP contribution in [0.25, 0.3) is 0 Å². The van der Waals surface area contributed by atoms with Crippen LogP contribution in [-0.4, -0.2) is 129 Å². The van der Waals surface area contributed by atoms with Crippen molar-refractivity contribution in [3.63, 3.8) is 0 Å². The molecule has 6 atom stereocenters. The molecule has 0 radical (unpaired) electrons. The molecule has 2 fully saturated rings. The monoisotopic (exact) mass is 1060 g/mol. The third kappa shape index (κ3) is 15.4. The molecule has 408 valence electrons. The first-order chi connectivity index (χ1) is 37.6. The molecule has 2 aliphatic heterocycles.